The van der Waals surface area contributed by atoms with Crippen molar-refractivity contribution in [2.75, 3.05) is 7.11 Å². The minimum absolute atomic E-state index is 0.184. The maximum Gasteiger partial charge on any atom is 0.244 e. The number of nitrogens with zero attached hydrogens (tertiary/aromatic N) is 3. The largest absolute Gasteiger partial charge is 0.497 e. The Balaban J connectivity index is 1.52. The number of carbonyl (C=O) groups is 1. The molecule has 0 aliphatic heterocycles. The quantitative estimate of drug-likeness (QED) is 0.701. The third-order valence-electron chi connectivity index (χ3n) is 3.30. The number of benzene rings is 1. The summed E-state index contributed by atoms with van der Waals surface area (Å²) in [5.41, 5.74) is 2.59. The summed E-state index contributed by atoms with van der Waals surface area (Å²) in [5, 5.41) is 14.8. The van der Waals surface area contributed by atoms with Gasteiger partial charge in [0.2, 0.25) is 5.91 Å². The molecule has 7 heteroatoms. The van der Waals surface area contributed by atoms with Crippen molar-refractivity contribution in [3.63, 3.8) is 0 Å². The highest BCUT2D eigenvalue weighted by Gasteiger charge is 2.04. The van der Waals surface area contributed by atoms with E-state index in [0.29, 0.717) is 12.2 Å². The smallest absolute Gasteiger partial charge is 0.244 e. The molecule has 2 heterocycles. The fourth-order valence-electron chi connectivity index (χ4n) is 2.02. The van der Waals surface area contributed by atoms with Crippen LogP contribution in [0.2, 0.25) is 0 Å². The van der Waals surface area contributed by atoms with Crippen LogP contribution in [0.25, 0.3) is 11.8 Å². The van der Waals surface area contributed by atoms with E-state index in [0.717, 1.165) is 17.0 Å². The van der Waals surface area contributed by atoms with Gasteiger partial charge in [0.05, 0.1) is 25.5 Å². The van der Waals surface area contributed by atoms with Crippen molar-refractivity contribution in [1.29, 1.82) is 0 Å². The fourth-order valence-corrected chi connectivity index (χ4v) is 2.64. The Morgan fingerprint density at radius 2 is 2.17 bits per heavy atom. The van der Waals surface area contributed by atoms with Gasteiger partial charge in [-0.2, -0.15) is 11.3 Å². The summed E-state index contributed by atoms with van der Waals surface area (Å²) in [5.74, 6) is 0.598. The summed E-state index contributed by atoms with van der Waals surface area (Å²) in [6.07, 6.45) is 5.04. The van der Waals surface area contributed by atoms with E-state index < -0.39 is 0 Å². The zero-order valence-corrected chi connectivity index (χ0v) is 13.9. The molecule has 6 nitrogen and oxygen atoms in total. The van der Waals surface area contributed by atoms with Gasteiger partial charge in [0, 0.05) is 11.5 Å². The molecule has 0 unspecified atom stereocenters. The van der Waals surface area contributed by atoms with E-state index in [-0.39, 0.29) is 5.91 Å². The first kappa shape index (κ1) is 15.9. The lowest BCUT2D eigenvalue weighted by Crippen LogP contribution is -2.20. The van der Waals surface area contributed by atoms with Crippen LogP contribution in [-0.4, -0.2) is 28.0 Å². The SMILES string of the molecule is COc1ccc(/C=C/C(=O)NCc2cn(-c3ccsc3)nn2)cc1. The molecule has 0 aliphatic carbocycles. The van der Waals surface area contributed by atoms with Gasteiger partial charge in [0.1, 0.15) is 11.4 Å². The van der Waals surface area contributed by atoms with Gasteiger partial charge in [-0.15, -0.1) is 5.10 Å². The molecule has 3 rings (SSSR count). The fraction of sp³-hybridized carbons (Fsp3) is 0.118. The predicted octanol–water partition coefficient (Wildman–Crippen LogP) is 2.67. The summed E-state index contributed by atoms with van der Waals surface area (Å²) in [6.45, 7) is 0.329. The highest BCUT2D eigenvalue weighted by molar-refractivity contribution is 7.08. The third kappa shape index (κ3) is 4.08. The highest BCUT2D eigenvalue weighted by Crippen LogP contribution is 2.12. The van der Waals surface area contributed by atoms with Crippen molar-refractivity contribution >= 4 is 23.3 Å². The molecule has 24 heavy (non-hydrogen) atoms. The Morgan fingerprint density at radius 3 is 2.88 bits per heavy atom. The number of ether oxygens (including phenoxy) is 1. The lowest BCUT2D eigenvalue weighted by molar-refractivity contribution is -0.116. The number of rotatable bonds is 6. The van der Waals surface area contributed by atoms with E-state index >= 15 is 0 Å². The van der Waals surface area contributed by atoms with Crippen molar-refractivity contribution < 1.29 is 9.53 Å². The minimum atomic E-state index is -0.184. The van der Waals surface area contributed by atoms with Gasteiger partial charge in [-0.3, -0.25) is 4.79 Å². The second-order valence-corrected chi connectivity index (χ2v) is 5.74. The Kier molecular flexibility index (Phi) is 5.02. The van der Waals surface area contributed by atoms with Gasteiger partial charge < -0.3 is 10.1 Å². The van der Waals surface area contributed by atoms with Crippen LogP contribution in [0.4, 0.5) is 0 Å². The Hall–Kier alpha value is -2.93. The molecule has 0 fully saturated rings. The van der Waals surface area contributed by atoms with Crippen molar-refractivity contribution in [3.05, 3.63) is 64.6 Å². The molecule has 2 aromatic heterocycles. The van der Waals surface area contributed by atoms with E-state index in [9.17, 15) is 4.79 Å². The van der Waals surface area contributed by atoms with Crippen molar-refractivity contribution in [1.82, 2.24) is 20.3 Å². The number of hydrogen-bond donors (Lipinski definition) is 1. The van der Waals surface area contributed by atoms with Gasteiger partial charge in [0.25, 0.3) is 0 Å². The minimum Gasteiger partial charge on any atom is -0.497 e. The zero-order chi connectivity index (χ0) is 16.8. The van der Waals surface area contributed by atoms with Crippen molar-refractivity contribution in [3.8, 4) is 11.4 Å². The van der Waals surface area contributed by atoms with E-state index in [1.165, 1.54) is 6.08 Å². The van der Waals surface area contributed by atoms with Gasteiger partial charge >= 0.3 is 0 Å². The van der Waals surface area contributed by atoms with Crippen LogP contribution in [0, 0.1) is 0 Å². The van der Waals surface area contributed by atoms with Crippen LogP contribution < -0.4 is 10.1 Å². The summed E-state index contributed by atoms with van der Waals surface area (Å²) in [6, 6.07) is 9.42. The lowest BCUT2D eigenvalue weighted by atomic mass is 10.2. The number of hydrogen-bond acceptors (Lipinski definition) is 5. The van der Waals surface area contributed by atoms with Crippen LogP contribution in [0.1, 0.15) is 11.3 Å². The summed E-state index contributed by atoms with van der Waals surface area (Å²) in [4.78, 5) is 11.9. The number of nitrogens with one attached hydrogen (secondary N) is 1. The Bertz CT molecular complexity index is 823. The predicted molar refractivity (Wildman–Crippen MR) is 93.1 cm³/mol. The average molecular weight is 340 g/mol. The molecular weight excluding hydrogens is 324 g/mol. The third-order valence-corrected chi connectivity index (χ3v) is 3.97. The van der Waals surface area contributed by atoms with Crippen LogP contribution >= 0.6 is 11.3 Å². The van der Waals surface area contributed by atoms with Gasteiger partial charge in [-0.25, -0.2) is 4.68 Å². The van der Waals surface area contributed by atoms with Crippen LogP contribution in [-0.2, 0) is 11.3 Å². The number of carbonyl (C=O) groups excluding carboxylic acids is 1. The lowest BCUT2D eigenvalue weighted by Gasteiger charge is -2.00. The van der Waals surface area contributed by atoms with Crippen LogP contribution in [0.15, 0.2) is 53.4 Å². The van der Waals surface area contributed by atoms with E-state index in [2.05, 4.69) is 15.6 Å². The van der Waals surface area contributed by atoms with Gasteiger partial charge in [-0.1, -0.05) is 17.3 Å². The van der Waals surface area contributed by atoms with Crippen molar-refractivity contribution in [2.24, 2.45) is 0 Å². The molecule has 0 bridgehead atoms. The monoisotopic (exact) mass is 340 g/mol. The summed E-state index contributed by atoms with van der Waals surface area (Å²) in [7, 11) is 1.62. The summed E-state index contributed by atoms with van der Waals surface area (Å²) < 4.78 is 6.78. The number of methoxy groups -OCH3 is 1. The standard InChI is InChI=1S/C17H16N4O2S/c1-23-16-5-2-13(3-6-16)4-7-17(22)18-10-14-11-21(20-19-14)15-8-9-24-12-15/h2-9,11-12H,10H2,1H3,(H,18,22)/b7-4+. The molecule has 0 atom stereocenters. The van der Waals surface area contributed by atoms with Crippen LogP contribution in [0.5, 0.6) is 5.75 Å². The normalized spacial score (nSPS) is 10.9. The first-order valence-electron chi connectivity index (χ1n) is 7.28. The zero-order valence-electron chi connectivity index (χ0n) is 13.0. The molecule has 0 radical (unpaired) electrons. The highest BCUT2D eigenvalue weighted by atomic mass is 32.1. The molecule has 0 saturated heterocycles. The topological polar surface area (TPSA) is 69.0 Å². The first-order valence-corrected chi connectivity index (χ1v) is 8.22. The second kappa shape index (κ2) is 7.56. The molecule has 122 valence electrons. The van der Waals surface area contributed by atoms with E-state index in [1.807, 2.05) is 41.1 Å². The molecule has 0 aliphatic rings. The Labute approximate surface area is 143 Å². The van der Waals surface area contributed by atoms with Gasteiger partial charge in [-0.05, 0) is 35.2 Å². The second-order valence-electron chi connectivity index (χ2n) is 4.96. The molecular formula is C17H16N4O2S. The number of amides is 1. The number of aromatic nitrogens is 3. The molecule has 3 aromatic rings. The molecule has 1 N–H and O–H groups in total. The summed E-state index contributed by atoms with van der Waals surface area (Å²) >= 11 is 1.59. The maximum atomic E-state index is 11.9. The molecule has 1 amide bonds. The van der Waals surface area contributed by atoms with Gasteiger partial charge in [0.15, 0.2) is 0 Å². The Morgan fingerprint density at radius 1 is 1.33 bits per heavy atom. The average Bonchev–Trinajstić information content (AvgIpc) is 3.29. The molecule has 0 spiro atoms. The first-order chi connectivity index (χ1) is 11.7. The molecule has 1 aromatic carbocycles. The van der Waals surface area contributed by atoms with Crippen molar-refractivity contribution in [2.45, 2.75) is 6.54 Å². The van der Waals surface area contributed by atoms with E-state index in [4.69, 9.17) is 4.74 Å². The van der Waals surface area contributed by atoms with Crippen LogP contribution in [0.3, 0.4) is 0 Å². The number of thiophene rings is 1. The molecule has 0 saturated carbocycles. The maximum absolute atomic E-state index is 11.9. The van der Waals surface area contributed by atoms with E-state index in [1.54, 1.807) is 35.4 Å².